The Kier molecular flexibility index (Phi) is 2.07. The van der Waals surface area contributed by atoms with E-state index in [1.807, 2.05) is 55.4 Å². The first-order valence-corrected chi connectivity index (χ1v) is 6.42. The summed E-state index contributed by atoms with van der Waals surface area (Å²) in [5.74, 6) is 0.723. The van der Waals surface area contributed by atoms with Crippen molar-refractivity contribution in [3.8, 4) is 11.3 Å². The zero-order chi connectivity index (χ0) is 13.9. The fraction of sp³-hybridized carbons (Fsp3) is 0.125. The van der Waals surface area contributed by atoms with Crippen LogP contribution in [0.4, 0.5) is 5.69 Å². The second kappa shape index (κ2) is 3.70. The van der Waals surface area contributed by atoms with Crippen molar-refractivity contribution in [1.29, 1.82) is 0 Å². The summed E-state index contributed by atoms with van der Waals surface area (Å²) in [6.07, 6.45) is 0. The molecule has 4 nitrogen and oxygen atoms in total. The molecule has 0 amide bonds. The first-order chi connectivity index (χ1) is 9.68. The number of fused-ring (bicyclic) bond motifs is 2. The van der Waals surface area contributed by atoms with Gasteiger partial charge in [-0.2, -0.15) is 0 Å². The van der Waals surface area contributed by atoms with E-state index >= 15 is 0 Å². The number of hydrogen-bond acceptors (Lipinski definition) is 4. The van der Waals surface area contributed by atoms with E-state index in [0.717, 1.165) is 22.2 Å². The maximum Gasteiger partial charge on any atom is 0.194 e. The molecular formula is C16H12N2O2. The molecule has 1 aromatic heterocycles. The summed E-state index contributed by atoms with van der Waals surface area (Å²) >= 11 is 0. The number of rotatable bonds is 1. The highest BCUT2D eigenvalue weighted by Crippen LogP contribution is 2.41. The molecule has 1 aliphatic carbocycles. The average molecular weight is 264 g/mol. The predicted molar refractivity (Wildman–Crippen MR) is 77.2 cm³/mol. The van der Waals surface area contributed by atoms with Gasteiger partial charge in [-0.1, -0.05) is 29.4 Å². The number of carbonyl (C=O) groups is 1. The number of ketones is 1. The monoisotopic (exact) mass is 264 g/mol. The molecule has 1 aliphatic rings. The summed E-state index contributed by atoms with van der Waals surface area (Å²) in [6.45, 7) is 0. The molecule has 0 unspecified atom stereocenters. The van der Waals surface area contributed by atoms with Crippen LogP contribution < -0.4 is 4.90 Å². The number of carbonyl (C=O) groups excluding carboxylic acids is 1. The first-order valence-electron chi connectivity index (χ1n) is 6.42. The normalized spacial score (nSPS) is 12.6. The summed E-state index contributed by atoms with van der Waals surface area (Å²) in [5.41, 5.74) is 3.86. The molecule has 98 valence electrons. The van der Waals surface area contributed by atoms with Crippen LogP contribution in [-0.2, 0) is 0 Å². The van der Waals surface area contributed by atoms with Crippen LogP contribution in [0.2, 0.25) is 0 Å². The lowest BCUT2D eigenvalue weighted by Gasteiger charge is -2.17. The van der Waals surface area contributed by atoms with E-state index in [1.54, 1.807) is 0 Å². The summed E-state index contributed by atoms with van der Waals surface area (Å²) < 4.78 is 5.53. The van der Waals surface area contributed by atoms with Gasteiger partial charge in [0.25, 0.3) is 0 Å². The van der Waals surface area contributed by atoms with Crippen molar-refractivity contribution in [3.05, 3.63) is 47.5 Å². The second-order valence-electron chi connectivity index (χ2n) is 5.14. The van der Waals surface area contributed by atoms with E-state index in [2.05, 4.69) is 5.16 Å². The molecule has 0 bridgehead atoms. The highest BCUT2D eigenvalue weighted by atomic mass is 16.5. The summed E-state index contributed by atoms with van der Waals surface area (Å²) in [4.78, 5) is 14.6. The number of nitrogens with zero attached hydrogens (tertiary/aromatic N) is 2. The van der Waals surface area contributed by atoms with Crippen molar-refractivity contribution in [3.63, 3.8) is 0 Å². The minimum Gasteiger partial charge on any atom is -0.376 e. The van der Waals surface area contributed by atoms with E-state index in [1.165, 1.54) is 0 Å². The second-order valence-corrected chi connectivity index (χ2v) is 5.14. The van der Waals surface area contributed by atoms with E-state index in [4.69, 9.17) is 4.52 Å². The van der Waals surface area contributed by atoms with Crippen molar-refractivity contribution in [2.75, 3.05) is 19.0 Å². The molecule has 0 spiro atoms. The molecule has 0 atom stereocenters. The molecular weight excluding hydrogens is 252 g/mol. The predicted octanol–water partition coefficient (Wildman–Crippen LogP) is 3.11. The van der Waals surface area contributed by atoms with Gasteiger partial charge < -0.3 is 9.42 Å². The van der Waals surface area contributed by atoms with Crippen LogP contribution in [0.3, 0.4) is 0 Å². The van der Waals surface area contributed by atoms with Crippen molar-refractivity contribution < 1.29 is 9.32 Å². The molecule has 0 N–H and O–H groups in total. The van der Waals surface area contributed by atoms with Gasteiger partial charge in [-0.25, -0.2) is 0 Å². The van der Waals surface area contributed by atoms with Crippen molar-refractivity contribution >= 4 is 22.4 Å². The maximum atomic E-state index is 12.6. The highest BCUT2D eigenvalue weighted by molar-refractivity contribution is 6.25. The topological polar surface area (TPSA) is 46.3 Å². The number of benzene rings is 2. The van der Waals surface area contributed by atoms with Crippen LogP contribution in [-0.4, -0.2) is 25.0 Å². The Hall–Kier alpha value is -2.62. The van der Waals surface area contributed by atoms with Crippen LogP contribution in [0.15, 0.2) is 40.9 Å². The van der Waals surface area contributed by atoms with E-state index < -0.39 is 0 Å². The van der Waals surface area contributed by atoms with Crippen LogP contribution >= 0.6 is 0 Å². The molecule has 2 aromatic carbocycles. The van der Waals surface area contributed by atoms with E-state index in [0.29, 0.717) is 16.9 Å². The average Bonchev–Trinajstić information content (AvgIpc) is 2.89. The Morgan fingerprint density at radius 3 is 2.50 bits per heavy atom. The smallest absolute Gasteiger partial charge is 0.194 e. The minimum absolute atomic E-state index is 0.0339. The largest absolute Gasteiger partial charge is 0.376 e. The summed E-state index contributed by atoms with van der Waals surface area (Å²) in [7, 11) is 3.90. The SMILES string of the molecule is CN(C)c1ccc2c3c(onc13)-c1ccccc1C2=O. The lowest BCUT2D eigenvalue weighted by Crippen LogP contribution is -2.12. The van der Waals surface area contributed by atoms with Crippen LogP contribution in [0.25, 0.3) is 22.2 Å². The standard InChI is InChI=1S/C16H12N2O2/c1-18(2)12-8-7-11-13-14(12)17-20-16(13)10-6-4-3-5-9(10)15(11)19/h3-8H,1-2H3. The molecule has 0 saturated heterocycles. The van der Waals surface area contributed by atoms with Crippen molar-refractivity contribution in [2.45, 2.75) is 0 Å². The van der Waals surface area contributed by atoms with Gasteiger partial charge >= 0.3 is 0 Å². The molecule has 20 heavy (non-hydrogen) atoms. The van der Waals surface area contributed by atoms with E-state index in [9.17, 15) is 4.79 Å². The maximum absolute atomic E-state index is 12.6. The van der Waals surface area contributed by atoms with Gasteiger partial charge in [-0.3, -0.25) is 4.79 Å². The molecule has 0 fully saturated rings. The molecule has 0 aliphatic heterocycles. The van der Waals surface area contributed by atoms with Gasteiger partial charge in [0.05, 0.1) is 11.1 Å². The Labute approximate surface area is 115 Å². The van der Waals surface area contributed by atoms with Gasteiger partial charge in [0.15, 0.2) is 11.5 Å². The summed E-state index contributed by atoms with van der Waals surface area (Å²) in [6, 6.07) is 11.3. The van der Waals surface area contributed by atoms with Gasteiger partial charge in [0.2, 0.25) is 0 Å². The van der Waals surface area contributed by atoms with Gasteiger partial charge in [0.1, 0.15) is 5.52 Å². The quantitative estimate of drug-likeness (QED) is 0.530. The zero-order valence-electron chi connectivity index (χ0n) is 11.2. The Morgan fingerprint density at radius 1 is 1.00 bits per heavy atom. The van der Waals surface area contributed by atoms with Crippen LogP contribution in [0.1, 0.15) is 15.9 Å². The fourth-order valence-corrected chi connectivity index (χ4v) is 2.80. The number of hydrogen-bond donors (Lipinski definition) is 0. The van der Waals surface area contributed by atoms with Gasteiger partial charge in [-0.05, 0) is 12.1 Å². The zero-order valence-corrected chi connectivity index (χ0v) is 11.2. The third-order valence-electron chi connectivity index (χ3n) is 3.75. The lowest BCUT2D eigenvalue weighted by molar-refractivity contribution is 0.104. The Bertz CT molecular complexity index is 862. The molecule has 3 aromatic rings. The van der Waals surface area contributed by atoms with Crippen molar-refractivity contribution in [2.24, 2.45) is 0 Å². The minimum atomic E-state index is 0.0339. The molecule has 4 heteroatoms. The number of anilines is 1. The third-order valence-corrected chi connectivity index (χ3v) is 3.75. The number of aromatic nitrogens is 1. The molecule has 1 heterocycles. The molecule has 0 saturated carbocycles. The van der Waals surface area contributed by atoms with Crippen LogP contribution in [0.5, 0.6) is 0 Å². The van der Waals surface area contributed by atoms with Crippen molar-refractivity contribution in [1.82, 2.24) is 5.16 Å². The Morgan fingerprint density at radius 2 is 1.75 bits per heavy atom. The third kappa shape index (κ3) is 1.25. The van der Waals surface area contributed by atoms with Gasteiger partial charge in [0, 0.05) is 30.8 Å². The molecule has 0 radical (unpaired) electrons. The molecule has 4 rings (SSSR count). The fourth-order valence-electron chi connectivity index (χ4n) is 2.80. The first kappa shape index (κ1) is 11.2. The highest BCUT2D eigenvalue weighted by Gasteiger charge is 2.29. The van der Waals surface area contributed by atoms with Gasteiger partial charge in [-0.15, -0.1) is 0 Å². The lowest BCUT2D eigenvalue weighted by atomic mass is 9.87. The van der Waals surface area contributed by atoms with Crippen LogP contribution in [0, 0.1) is 0 Å². The summed E-state index contributed by atoms with van der Waals surface area (Å²) in [5, 5.41) is 5.00. The Balaban J connectivity index is 2.17. The van der Waals surface area contributed by atoms with E-state index in [-0.39, 0.29) is 5.78 Å².